The van der Waals surface area contributed by atoms with E-state index in [1.165, 1.54) is 7.11 Å². The van der Waals surface area contributed by atoms with Crippen LogP contribution in [0.1, 0.15) is 23.0 Å². The number of nitrogens with one attached hydrogen (secondary N) is 2. The standard InChI is InChI=1S/C21H23N9O2/c1-12-9-29(7-6-22-12)18-17-16(23-4-5-24-17)14(8-25-18)20(31)27-15-11-30-10-13(2)26-19(30)21(28-15)32-3/h4-5,8,10-12,22H,6-7,9H2,1-3H3,(H,27,31). The molecule has 1 amide bonds. The number of amides is 1. The zero-order valence-corrected chi connectivity index (χ0v) is 18.0. The van der Waals surface area contributed by atoms with Crippen molar-refractivity contribution in [1.29, 1.82) is 0 Å². The van der Waals surface area contributed by atoms with Crippen molar-refractivity contribution in [3.05, 3.63) is 42.2 Å². The lowest BCUT2D eigenvalue weighted by atomic mass is 10.2. The minimum Gasteiger partial charge on any atom is -0.478 e. The summed E-state index contributed by atoms with van der Waals surface area (Å²) in [7, 11) is 1.51. The van der Waals surface area contributed by atoms with Crippen LogP contribution in [0.15, 0.2) is 31.0 Å². The van der Waals surface area contributed by atoms with Gasteiger partial charge in [0.05, 0.1) is 24.6 Å². The Balaban J connectivity index is 1.50. The van der Waals surface area contributed by atoms with Gasteiger partial charge in [0.1, 0.15) is 11.0 Å². The van der Waals surface area contributed by atoms with Crippen LogP contribution >= 0.6 is 0 Å². The molecule has 0 spiro atoms. The number of carbonyl (C=O) groups is 1. The number of imidazole rings is 1. The summed E-state index contributed by atoms with van der Waals surface area (Å²) in [6.07, 6.45) is 8.26. The highest BCUT2D eigenvalue weighted by Crippen LogP contribution is 2.26. The van der Waals surface area contributed by atoms with Crippen molar-refractivity contribution in [3.8, 4) is 5.88 Å². The van der Waals surface area contributed by atoms with Crippen molar-refractivity contribution in [2.45, 2.75) is 19.9 Å². The Kier molecular flexibility index (Phi) is 5.02. The van der Waals surface area contributed by atoms with Crippen LogP contribution in [0.3, 0.4) is 0 Å². The minimum atomic E-state index is -0.381. The molecule has 0 saturated carbocycles. The molecule has 5 rings (SSSR count). The van der Waals surface area contributed by atoms with Gasteiger partial charge in [-0.15, -0.1) is 0 Å². The van der Waals surface area contributed by atoms with Crippen LogP contribution in [-0.4, -0.2) is 68.0 Å². The molecule has 0 aliphatic carbocycles. The maximum atomic E-state index is 13.2. The van der Waals surface area contributed by atoms with Gasteiger partial charge in [0.25, 0.3) is 11.8 Å². The summed E-state index contributed by atoms with van der Waals surface area (Å²) < 4.78 is 7.10. The molecule has 4 aromatic heterocycles. The van der Waals surface area contributed by atoms with E-state index in [0.29, 0.717) is 40.0 Å². The van der Waals surface area contributed by atoms with Crippen molar-refractivity contribution in [2.75, 3.05) is 37.0 Å². The monoisotopic (exact) mass is 433 g/mol. The largest absolute Gasteiger partial charge is 0.478 e. The van der Waals surface area contributed by atoms with Crippen LogP contribution < -0.4 is 20.3 Å². The number of piperazine rings is 1. The van der Waals surface area contributed by atoms with Gasteiger partial charge >= 0.3 is 0 Å². The molecule has 5 heterocycles. The molecule has 2 N–H and O–H groups in total. The SMILES string of the molecule is COc1nc(NC(=O)c2cnc(N3CCNC(C)C3)c3nccnc23)cn2cc(C)nc12. The molecule has 1 aliphatic rings. The smallest absolute Gasteiger partial charge is 0.260 e. The Hall–Kier alpha value is -3.86. The van der Waals surface area contributed by atoms with Gasteiger partial charge in [-0.2, -0.15) is 4.98 Å². The van der Waals surface area contributed by atoms with Gasteiger partial charge in [0.15, 0.2) is 11.6 Å². The fraction of sp³-hybridized carbons (Fsp3) is 0.333. The molecule has 0 radical (unpaired) electrons. The number of ether oxygens (including phenoxy) is 1. The zero-order chi connectivity index (χ0) is 22.2. The van der Waals surface area contributed by atoms with Gasteiger partial charge in [-0.1, -0.05) is 0 Å². The third kappa shape index (κ3) is 3.56. The van der Waals surface area contributed by atoms with Crippen LogP contribution in [0.2, 0.25) is 0 Å². The summed E-state index contributed by atoms with van der Waals surface area (Å²) >= 11 is 0. The van der Waals surface area contributed by atoms with Gasteiger partial charge in [0.2, 0.25) is 5.65 Å². The summed E-state index contributed by atoms with van der Waals surface area (Å²) in [5.41, 5.74) is 2.81. The van der Waals surface area contributed by atoms with Crippen LogP contribution in [0.25, 0.3) is 16.7 Å². The molecule has 1 saturated heterocycles. The van der Waals surface area contributed by atoms with Crippen LogP contribution in [0, 0.1) is 6.92 Å². The Morgan fingerprint density at radius 1 is 1.19 bits per heavy atom. The second-order valence-corrected chi connectivity index (χ2v) is 7.75. The van der Waals surface area contributed by atoms with Crippen molar-refractivity contribution >= 4 is 34.2 Å². The molecular weight excluding hydrogens is 410 g/mol. The van der Waals surface area contributed by atoms with Gasteiger partial charge in [0, 0.05) is 50.5 Å². The van der Waals surface area contributed by atoms with Gasteiger partial charge in [-0.25, -0.2) is 15.0 Å². The van der Waals surface area contributed by atoms with Crippen LogP contribution in [0.4, 0.5) is 11.6 Å². The van der Waals surface area contributed by atoms with Gasteiger partial charge in [-0.3, -0.25) is 14.2 Å². The molecule has 1 unspecified atom stereocenters. The average molecular weight is 433 g/mol. The number of carbonyl (C=O) groups excluding carboxylic acids is 1. The molecule has 1 atom stereocenters. The molecule has 11 heteroatoms. The number of aromatic nitrogens is 6. The quantitative estimate of drug-likeness (QED) is 0.492. The Morgan fingerprint density at radius 2 is 2.00 bits per heavy atom. The molecule has 0 bridgehead atoms. The molecule has 4 aromatic rings. The highest BCUT2D eigenvalue weighted by molar-refractivity contribution is 6.12. The number of aryl methyl sites for hydroxylation is 1. The van der Waals surface area contributed by atoms with E-state index < -0.39 is 0 Å². The number of fused-ring (bicyclic) bond motifs is 2. The highest BCUT2D eigenvalue weighted by atomic mass is 16.5. The molecule has 164 valence electrons. The van der Waals surface area contributed by atoms with E-state index in [4.69, 9.17) is 4.74 Å². The number of hydrogen-bond acceptors (Lipinski definition) is 9. The number of hydrogen-bond donors (Lipinski definition) is 2. The second kappa shape index (κ2) is 8.00. The average Bonchev–Trinajstić information content (AvgIpc) is 3.17. The van der Waals surface area contributed by atoms with E-state index in [1.54, 1.807) is 29.2 Å². The third-order valence-electron chi connectivity index (χ3n) is 5.36. The van der Waals surface area contributed by atoms with E-state index >= 15 is 0 Å². The molecule has 1 fully saturated rings. The third-order valence-corrected chi connectivity index (χ3v) is 5.36. The number of anilines is 2. The summed E-state index contributed by atoms with van der Waals surface area (Å²) in [5, 5.41) is 6.24. The molecule has 11 nitrogen and oxygen atoms in total. The molecule has 1 aliphatic heterocycles. The lowest BCUT2D eigenvalue weighted by Crippen LogP contribution is -2.49. The van der Waals surface area contributed by atoms with E-state index in [1.807, 2.05) is 13.1 Å². The van der Waals surface area contributed by atoms with Crippen LogP contribution in [0.5, 0.6) is 5.88 Å². The maximum Gasteiger partial charge on any atom is 0.260 e. The van der Waals surface area contributed by atoms with E-state index in [9.17, 15) is 4.79 Å². The van der Waals surface area contributed by atoms with Crippen molar-refractivity contribution in [2.24, 2.45) is 0 Å². The topological polar surface area (TPSA) is 122 Å². The van der Waals surface area contributed by atoms with Crippen molar-refractivity contribution in [1.82, 2.24) is 34.6 Å². The van der Waals surface area contributed by atoms with Gasteiger partial charge in [-0.05, 0) is 13.8 Å². The first-order valence-electron chi connectivity index (χ1n) is 10.3. The predicted molar refractivity (Wildman–Crippen MR) is 119 cm³/mol. The summed E-state index contributed by atoms with van der Waals surface area (Å²) in [4.78, 5) is 37.6. The zero-order valence-electron chi connectivity index (χ0n) is 18.0. The van der Waals surface area contributed by atoms with Crippen molar-refractivity contribution in [3.63, 3.8) is 0 Å². The normalized spacial score (nSPS) is 16.5. The summed E-state index contributed by atoms with van der Waals surface area (Å²) in [6.45, 7) is 6.47. The molecule has 0 aromatic carbocycles. The second-order valence-electron chi connectivity index (χ2n) is 7.75. The first-order chi connectivity index (χ1) is 15.5. The first kappa shape index (κ1) is 20.1. The number of methoxy groups -OCH3 is 1. The van der Waals surface area contributed by atoms with E-state index in [0.717, 1.165) is 31.1 Å². The fourth-order valence-electron chi connectivity index (χ4n) is 3.94. The van der Waals surface area contributed by atoms with Crippen LogP contribution in [-0.2, 0) is 0 Å². The Bertz CT molecular complexity index is 1320. The van der Waals surface area contributed by atoms with Gasteiger partial charge < -0.3 is 20.3 Å². The fourth-order valence-corrected chi connectivity index (χ4v) is 3.94. The Morgan fingerprint density at radius 3 is 2.78 bits per heavy atom. The first-order valence-corrected chi connectivity index (χ1v) is 10.3. The summed E-state index contributed by atoms with van der Waals surface area (Å²) in [6, 6.07) is 0.336. The lowest BCUT2D eigenvalue weighted by molar-refractivity contribution is 0.102. The Labute approximate surface area is 183 Å². The van der Waals surface area contributed by atoms with E-state index in [-0.39, 0.29) is 5.91 Å². The predicted octanol–water partition coefficient (Wildman–Crippen LogP) is 1.43. The van der Waals surface area contributed by atoms with E-state index in [2.05, 4.69) is 47.4 Å². The lowest BCUT2D eigenvalue weighted by Gasteiger charge is -2.33. The number of rotatable bonds is 4. The molecular formula is C21H23N9O2. The maximum absolute atomic E-state index is 13.2. The number of nitrogens with zero attached hydrogens (tertiary/aromatic N) is 7. The highest BCUT2D eigenvalue weighted by Gasteiger charge is 2.23. The van der Waals surface area contributed by atoms with Crippen molar-refractivity contribution < 1.29 is 9.53 Å². The molecule has 32 heavy (non-hydrogen) atoms. The minimum absolute atomic E-state index is 0.321. The summed E-state index contributed by atoms with van der Waals surface area (Å²) in [5.74, 6) is 0.998. The number of pyridine rings is 1.